The van der Waals surface area contributed by atoms with Crippen molar-refractivity contribution in [1.29, 1.82) is 0 Å². The van der Waals surface area contributed by atoms with Crippen LogP contribution in [-0.4, -0.2) is 45.2 Å². The summed E-state index contributed by atoms with van der Waals surface area (Å²) in [5, 5.41) is 15.9. The molecule has 0 aliphatic heterocycles. The molecule has 0 bridgehead atoms. The molecule has 109 valence electrons. The van der Waals surface area contributed by atoms with Crippen LogP contribution in [0.15, 0.2) is 0 Å². The quantitative estimate of drug-likeness (QED) is 0.700. The van der Waals surface area contributed by atoms with Gasteiger partial charge in [-0.15, -0.1) is 12.1 Å². The summed E-state index contributed by atoms with van der Waals surface area (Å²) in [5.41, 5.74) is 13.5. The van der Waals surface area contributed by atoms with E-state index in [-0.39, 0.29) is 40.9 Å². The van der Waals surface area contributed by atoms with Crippen molar-refractivity contribution in [2.45, 2.75) is 38.8 Å². The fourth-order valence-electron chi connectivity index (χ4n) is 0.524. The Morgan fingerprint density at radius 1 is 0.941 bits per heavy atom. The number of aliphatic carboxylic acids is 2. The van der Waals surface area contributed by atoms with Crippen molar-refractivity contribution in [2.24, 2.45) is 0 Å². The van der Waals surface area contributed by atoms with Crippen molar-refractivity contribution in [3.63, 3.8) is 0 Å². The van der Waals surface area contributed by atoms with Crippen molar-refractivity contribution >= 4 is 11.9 Å². The van der Waals surface area contributed by atoms with Crippen molar-refractivity contribution < 1.29 is 47.8 Å². The third-order valence-electron chi connectivity index (χ3n) is 0.962. The van der Waals surface area contributed by atoms with Crippen molar-refractivity contribution in [1.82, 2.24) is 0 Å². The number of carbonyl (C=O) groups is 2. The van der Waals surface area contributed by atoms with Crippen LogP contribution in [0.3, 0.4) is 0 Å². The monoisotopic (exact) mass is 303 g/mol. The van der Waals surface area contributed by atoms with Crippen LogP contribution in [0.5, 0.6) is 0 Å². The Bertz CT molecular complexity index is 169. The molecule has 0 aromatic carbocycles. The van der Waals surface area contributed by atoms with Crippen LogP contribution in [0.1, 0.15) is 26.7 Å². The fourth-order valence-corrected chi connectivity index (χ4v) is 0.524. The van der Waals surface area contributed by atoms with E-state index in [0.717, 1.165) is 0 Å². The molecule has 0 saturated carbocycles. The van der Waals surface area contributed by atoms with Crippen LogP contribution in [0, 0.1) is 0 Å². The number of carboxylic acids is 2. The van der Waals surface area contributed by atoms with E-state index in [0.29, 0.717) is 0 Å². The molecule has 0 amide bonds. The van der Waals surface area contributed by atoms with E-state index in [9.17, 15) is 9.59 Å². The first-order chi connectivity index (χ1) is 6.25. The zero-order valence-corrected chi connectivity index (χ0v) is 10.5. The van der Waals surface area contributed by atoms with Gasteiger partial charge >= 0.3 is 29.0 Å². The molecule has 0 spiro atoms. The number of hydrogen-bond acceptors (Lipinski definition) is 2. The number of carboxylic acid groups (broad SMARTS) is 2. The zero-order valence-electron chi connectivity index (χ0n) is 9.58. The second kappa shape index (κ2) is 17.7. The minimum absolute atomic E-state index is 0. The summed E-state index contributed by atoms with van der Waals surface area (Å²) in [5.74, 6) is -1.80. The van der Waals surface area contributed by atoms with Crippen LogP contribution in [0.4, 0.5) is 0 Å². The maximum absolute atomic E-state index is 9.69. The van der Waals surface area contributed by atoms with Crippen LogP contribution in [0.25, 0.3) is 11.5 Å². The molecule has 0 rings (SSSR count). The van der Waals surface area contributed by atoms with Gasteiger partial charge in [0.15, 0.2) is 0 Å². The van der Waals surface area contributed by atoms with Gasteiger partial charge in [0.25, 0.3) is 0 Å². The molecule has 0 aromatic heterocycles. The van der Waals surface area contributed by atoms with Crippen molar-refractivity contribution in [2.75, 3.05) is 0 Å². The van der Waals surface area contributed by atoms with Crippen molar-refractivity contribution in [3.8, 4) is 0 Å². The molecular weight excluding hydrogens is 284 g/mol. The van der Waals surface area contributed by atoms with Gasteiger partial charge in [-0.1, -0.05) is 13.8 Å². The fraction of sp³-hybridized carbons (Fsp3) is 0.750. The van der Waals surface area contributed by atoms with Gasteiger partial charge in [-0.25, -0.2) is 0 Å². The van der Waals surface area contributed by atoms with Gasteiger partial charge in [0.2, 0.25) is 0 Å². The predicted molar refractivity (Wildman–Crippen MR) is 59.3 cm³/mol. The predicted octanol–water partition coefficient (Wildman–Crippen LogP) is 0.152. The van der Waals surface area contributed by atoms with Crippen LogP contribution >= 0.6 is 0 Å². The second-order valence-electron chi connectivity index (χ2n) is 3.00. The molecule has 9 heteroatoms. The molecule has 0 aliphatic rings. The molecule has 8 nitrogen and oxygen atoms in total. The summed E-state index contributed by atoms with van der Waals surface area (Å²) >= 11 is 0. The summed E-state index contributed by atoms with van der Waals surface area (Å²) in [6.45, 7) is 3.10. The number of nitrogens with one attached hydrogen (secondary N) is 2. The Morgan fingerprint density at radius 3 is 1.12 bits per heavy atom. The van der Waals surface area contributed by atoms with Gasteiger partial charge in [-0.05, 0) is 0 Å². The first-order valence-electron chi connectivity index (χ1n) is 4.11. The van der Waals surface area contributed by atoms with E-state index in [1.807, 2.05) is 0 Å². The number of hydrogen-bond donors (Lipinski definition) is 2. The van der Waals surface area contributed by atoms with E-state index in [2.05, 4.69) is 0 Å². The summed E-state index contributed by atoms with van der Waals surface area (Å²) in [7, 11) is 0. The Kier molecular flexibility index (Phi) is 31.1. The molecule has 2 unspecified atom stereocenters. The first kappa shape index (κ1) is 29.9. The zero-order chi connectivity index (χ0) is 11.7. The SMILES string of the molecule is CC([NH-])CC(=O)O.CC([NH-])CC(=O)O.O.O.[Cu+2]. The average molecular weight is 304 g/mol. The maximum atomic E-state index is 9.69. The molecule has 17 heavy (non-hydrogen) atoms. The molecule has 8 N–H and O–H groups in total. The van der Waals surface area contributed by atoms with Crippen molar-refractivity contribution in [3.05, 3.63) is 11.5 Å². The topological polar surface area (TPSA) is 185 Å². The van der Waals surface area contributed by atoms with Crippen LogP contribution in [-0.2, 0) is 26.7 Å². The summed E-state index contributed by atoms with van der Waals surface area (Å²) in [6, 6.07) is -0.949. The van der Waals surface area contributed by atoms with E-state index in [4.69, 9.17) is 21.7 Å². The van der Waals surface area contributed by atoms with E-state index < -0.39 is 24.0 Å². The smallest absolute Gasteiger partial charge is 0.674 e. The molecular formula is C8H20CuN2O6. The van der Waals surface area contributed by atoms with E-state index >= 15 is 0 Å². The molecule has 0 fully saturated rings. The molecule has 1 radical (unpaired) electrons. The second-order valence-corrected chi connectivity index (χ2v) is 3.00. The minimum Gasteiger partial charge on any atom is -0.674 e. The van der Waals surface area contributed by atoms with Gasteiger partial charge < -0.3 is 32.6 Å². The molecule has 0 heterocycles. The molecule has 2 atom stereocenters. The van der Waals surface area contributed by atoms with Gasteiger partial charge in [0.1, 0.15) is 0 Å². The third kappa shape index (κ3) is 50.8. The molecule has 0 aliphatic carbocycles. The maximum Gasteiger partial charge on any atom is 2.00 e. The standard InChI is InChI=1S/2C4H8NO2.Cu.2H2O/c2*1-3(5)2-4(6)7;;;/h2*3,5H,2H2,1H3,(H,6,7);;2*1H2/q2*-1;+2;;. The van der Waals surface area contributed by atoms with Crippen LogP contribution < -0.4 is 0 Å². The van der Waals surface area contributed by atoms with Gasteiger partial charge in [-0.3, -0.25) is 9.59 Å². The Labute approximate surface area is 110 Å². The first-order valence-corrected chi connectivity index (χ1v) is 4.11. The van der Waals surface area contributed by atoms with Gasteiger partial charge in [-0.2, -0.15) is 0 Å². The Hall–Kier alpha value is -0.701. The normalized spacial score (nSPS) is 11.1. The largest absolute Gasteiger partial charge is 2.00 e. The Morgan fingerprint density at radius 2 is 1.12 bits per heavy atom. The third-order valence-corrected chi connectivity index (χ3v) is 0.962. The number of rotatable bonds is 4. The molecule has 0 aromatic rings. The van der Waals surface area contributed by atoms with E-state index in [1.54, 1.807) is 13.8 Å². The average Bonchev–Trinajstić information content (AvgIpc) is 1.79. The molecule has 0 saturated heterocycles. The summed E-state index contributed by atoms with van der Waals surface area (Å²) in [4.78, 5) is 19.4. The Balaban J connectivity index is -0.0000000480. The van der Waals surface area contributed by atoms with E-state index in [1.165, 1.54) is 0 Å². The van der Waals surface area contributed by atoms with Gasteiger partial charge in [0.05, 0.1) is 0 Å². The summed E-state index contributed by atoms with van der Waals surface area (Å²) in [6.07, 6.45) is -0.111. The van der Waals surface area contributed by atoms with Gasteiger partial charge in [0, 0.05) is 12.8 Å². The van der Waals surface area contributed by atoms with Crippen LogP contribution in [0.2, 0.25) is 0 Å². The minimum atomic E-state index is -0.900. The summed E-state index contributed by atoms with van der Waals surface area (Å²) < 4.78 is 0.